The highest BCUT2D eigenvalue weighted by Crippen LogP contribution is 2.17. The molecule has 1 heterocycles. The number of carbonyl (C=O) groups excluding carboxylic acids is 3. The Morgan fingerprint density at radius 2 is 1.82 bits per heavy atom. The minimum Gasteiger partial charge on any atom is -0.283 e. The lowest BCUT2D eigenvalue weighted by Crippen LogP contribution is -2.32. The average Bonchev–Trinajstić information content (AvgIpc) is 2.46. The lowest BCUT2D eigenvalue weighted by atomic mass is 10.3. The zero-order valence-electron chi connectivity index (χ0n) is 8.96. The molecule has 1 aliphatic rings. The monoisotopic (exact) mass is 260 g/mol. The van der Waals surface area contributed by atoms with Crippen LogP contribution in [0, 0.1) is 0 Å². The van der Waals surface area contributed by atoms with E-state index in [-0.39, 0.29) is 19.4 Å². The van der Waals surface area contributed by atoms with Crippen molar-refractivity contribution in [2.75, 3.05) is 6.54 Å². The molecule has 0 fully saturated rings. The standard InChI is InChI=1S/C8H13N4O4P/c9-17(10,16)11-6(13)2-1-5-12-7(14)3-4-8(12)15/h3-4H,1-2,5H2,(H5,9,10,11,13,16). The number of nitrogens with two attached hydrogens (primary N) is 2. The highest BCUT2D eigenvalue weighted by Gasteiger charge is 2.23. The summed E-state index contributed by atoms with van der Waals surface area (Å²) in [5.74, 6) is -1.39. The van der Waals surface area contributed by atoms with E-state index in [1.165, 1.54) is 0 Å². The van der Waals surface area contributed by atoms with E-state index in [2.05, 4.69) is 0 Å². The Morgan fingerprint density at radius 1 is 1.29 bits per heavy atom. The predicted molar refractivity (Wildman–Crippen MR) is 59.2 cm³/mol. The Hall–Kier alpha value is -1.50. The van der Waals surface area contributed by atoms with Crippen molar-refractivity contribution < 1.29 is 18.9 Å². The molecule has 94 valence electrons. The molecule has 0 aromatic rings. The number of carbonyl (C=O) groups is 3. The molecular weight excluding hydrogens is 247 g/mol. The smallest absolute Gasteiger partial charge is 0.283 e. The van der Waals surface area contributed by atoms with E-state index >= 15 is 0 Å². The lowest BCUT2D eigenvalue weighted by molar-refractivity contribution is -0.137. The minimum absolute atomic E-state index is 0.0184. The average molecular weight is 260 g/mol. The summed E-state index contributed by atoms with van der Waals surface area (Å²) >= 11 is 0. The van der Waals surface area contributed by atoms with Crippen molar-refractivity contribution in [1.29, 1.82) is 0 Å². The van der Waals surface area contributed by atoms with Crippen LogP contribution in [0.5, 0.6) is 0 Å². The second-order valence-electron chi connectivity index (χ2n) is 3.51. The van der Waals surface area contributed by atoms with E-state index in [9.17, 15) is 18.9 Å². The molecule has 0 aromatic carbocycles. The van der Waals surface area contributed by atoms with Crippen LogP contribution in [0.2, 0.25) is 0 Å². The highest BCUT2D eigenvalue weighted by molar-refractivity contribution is 7.57. The van der Waals surface area contributed by atoms with Gasteiger partial charge in [0.05, 0.1) is 0 Å². The molecule has 9 heteroatoms. The number of nitrogens with one attached hydrogen (secondary N) is 1. The first-order chi connectivity index (χ1) is 7.79. The first-order valence-corrected chi connectivity index (χ1v) is 6.66. The molecule has 0 saturated heterocycles. The van der Waals surface area contributed by atoms with Crippen LogP contribution in [-0.4, -0.2) is 29.2 Å². The summed E-state index contributed by atoms with van der Waals surface area (Å²) in [6.07, 6.45) is 2.56. The Labute approximate surface area is 97.5 Å². The van der Waals surface area contributed by atoms with Crippen molar-refractivity contribution in [1.82, 2.24) is 9.99 Å². The maximum absolute atomic E-state index is 11.1. The molecule has 0 atom stereocenters. The SMILES string of the molecule is NP(N)(=O)NC(=O)CCCN1C(=O)C=CC1=O. The number of imide groups is 1. The van der Waals surface area contributed by atoms with E-state index in [1.54, 1.807) is 0 Å². The molecule has 0 aromatic heterocycles. The van der Waals surface area contributed by atoms with Crippen LogP contribution in [0.4, 0.5) is 0 Å². The largest absolute Gasteiger partial charge is 0.300 e. The van der Waals surface area contributed by atoms with Gasteiger partial charge in [0.15, 0.2) is 0 Å². The van der Waals surface area contributed by atoms with E-state index in [1.807, 2.05) is 5.09 Å². The third-order valence-corrected chi connectivity index (χ3v) is 2.58. The number of hydrogen-bond acceptors (Lipinski definition) is 4. The van der Waals surface area contributed by atoms with Crippen LogP contribution in [0.15, 0.2) is 12.2 Å². The van der Waals surface area contributed by atoms with Crippen LogP contribution >= 0.6 is 7.59 Å². The van der Waals surface area contributed by atoms with Gasteiger partial charge in [0, 0.05) is 25.1 Å². The Bertz CT molecular complexity index is 409. The quantitative estimate of drug-likeness (QED) is 0.421. The third-order valence-electron chi connectivity index (χ3n) is 1.99. The van der Waals surface area contributed by atoms with Crippen molar-refractivity contribution in [2.45, 2.75) is 12.8 Å². The van der Waals surface area contributed by atoms with Crippen molar-refractivity contribution in [3.05, 3.63) is 12.2 Å². The van der Waals surface area contributed by atoms with Gasteiger partial charge in [-0.05, 0) is 6.42 Å². The zero-order valence-corrected chi connectivity index (χ0v) is 9.85. The van der Waals surface area contributed by atoms with Crippen LogP contribution < -0.4 is 16.1 Å². The summed E-state index contributed by atoms with van der Waals surface area (Å²) in [6, 6.07) is 0. The van der Waals surface area contributed by atoms with Gasteiger partial charge in [0.2, 0.25) is 5.91 Å². The Morgan fingerprint density at radius 3 is 2.29 bits per heavy atom. The zero-order chi connectivity index (χ0) is 13.1. The number of rotatable bonds is 5. The van der Waals surface area contributed by atoms with Gasteiger partial charge in [-0.2, -0.15) is 0 Å². The second-order valence-corrected chi connectivity index (χ2v) is 5.15. The maximum atomic E-state index is 11.1. The van der Waals surface area contributed by atoms with Gasteiger partial charge in [-0.15, -0.1) is 0 Å². The summed E-state index contributed by atoms with van der Waals surface area (Å²) in [7, 11) is -3.57. The van der Waals surface area contributed by atoms with Crippen LogP contribution in [0.3, 0.4) is 0 Å². The van der Waals surface area contributed by atoms with Gasteiger partial charge in [-0.1, -0.05) is 0 Å². The van der Waals surface area contributed by atoms with Crippen molar-refractivity contribution in [3.63, 3.8) is 0 Å². The van der Waals surface area contributed by atoms with Crippen molar-refractivity contribution in [2.24, 2.45) is 11.0 Å². The summed E-state index contributed by atoms with van der Waals surface area (Å²) in [5.41, 5.74) is 9.89. The molecule has 17 heavy (non-hydrogen) atoms. The molecule has 8 nitrogen and oxygen atoms in total. The second kappa shape index (κ2) is 5.22. The van der Waals surface area contributed by atoms with E-state index in [0.717, 1.165) is 17.1 Å². The molecule has 1 aliphatic heterocycles. The molecule has 5 N–H and O–H groups in total. The molecular formula is C8H13N4O4P. The van der Waals surface area contributed by atoms with Crippen molar-refractivity contribution in [3.8, 4) is 0 Å². The first-order valence-electron chi connectivity index (χ1n) is 4.81. The molecule has 0 unspecified atom stereocenters. The lowest BCUT2D eigenvalue weighted by Gasteiger charge is -2.13. The number of amides is 3. The van der Waals surface area contributed by atoms with E-state index in [4.69, 9.17) is 11.0 Å². The molecule has 0 bridgehead atoms. The van der Waals surface area contributed by atoms with Gasteiger partial charge in [-0.25, -0.2) is 0 Å². The minimum atomic E-state index is -3.57. The third kappa shape index (κ3) is 4.48. The summed E-state index contributed by atoms with van der Waals surface area (Å²) in [4.78, 5) is 34.4. The fourth-order valence-electron chi connectivity index (χ4n) is 1.30. The molecule has 0 saturated carbocycles. The topological polar surface area (TPSA) is 136 Å². The molecule has 0 radical (unpaired) electrons. The van der Waals surface area contributed by atoms with Crippen LogP contribution in [0.1, 0.15) is 12.8 Å². The summed E-state index contributed by atoms with van der Waals surface area (Å²) in [6.45, 7) is 0.123. The number of nitrogens with zero attached hydrogens (tertiary/aromatic N) is 1. The van der Waals surface area contributed by atoms with Gasteiger partial charge < -0.3 is 0 Å². The molecule has 0 aliphatic carbocycles. The highest BCUT2D eigenvalue weighted by atomic mass is 31.2. The van der Waals surface area contributed by atoms with Crippen LogP contribution in [-0.2, 0) is 18.9 Å². The maximum Gasteiger partial charge on any atom is 0.300 e. The fraction of sp³-hybridized carbons (Fsp3) is 0.375. The summed E-state index contributed by atoms with van der Waals surface area (Å²) in [5, 5.41) is 1.94. The van der Waals surface area contributed by atoms with E-state index in [0.29, 0.717) is 0 Å². The normalized spacial score (nSPS) is 15.5. The number of hydrogen-bond donors (Lipinski definition) is 3. The van der Waals surface area contributed by atoms with Gasteiger partial charge in [0.25, 0.3) is 19.4 Å². The molecule has 3 amide bonds. The molecule has 0 spiro atoms. The Kier molecular flexibility index (Phi) is 4.17. The Balaban J connectivity index is 2.29. The predicted octanol–water partition coefficient (Wildman–Crippen LogP) is -1.17. The van der Waals surface area contributed by atoms with Crippen molar-refractivity contribution >= 4 is 25.3 Å². The summed E-state index contributed by atoms with van der Waals surface area (Å²) < 4.78 is 10.8. The van der Waals surface area contributed by atoms with Crippen LogP contribution in [0.25, 0.3) is 0 Å². The first kappa shape index (κ1) is 13.6. The van der Waals surface area contributed by atoms with Gasteiger partial charge in [-0.3, -0.25) is 39.9 Å². The fourth-order valence-corrected chi connectivity index (χ4v) is 1.80. The van der Waals surface area contributed by atoms with E-state index < -0.39 is 25.3 Å². The van der Waals surface area contributed by atoms with Gasteiger partial charge in [0.1, 0.15) is 0 Å². The van der Waals surface area contributed by atoms with Gasteiger partial charge >= 0.3 is 0 Å². The molecule has 1 rings (SSSR count).